The van der Waals surface area contributed by atoms with E-state index in [-0.39, 0.29) is 0 Å². The number of aldehydes is 1. The lowest BCUT2D eigenvalue weighted by atomic mass is 10.2. The zero-order valence-corrected chi connectivity index (χ0v) is 9.56. The fourth-order valence-corrected chi connectivity index (χ4v) is 1.26. The predicted molar refractivity (Wildman–Crippen MR) is 60.4 cm³/mol. The molecule has 0 amide bonds. The molecule has 0 radical (unpaired) electrons. The highest BCUT2D eigenvalue weighted by atomic mass is 16.5. The van der Waals surface area contributed by atoms with E-state index >= 15 is 0 Å². The molecule has 0 spiro atoms. The zero-order valence-electron chi connectivity index (χ0n) is 9.56. The molecule has 0 saturated carbocycles. The van der Waals surface area contributed by atoms with Crippen LogP contribution in [0.25, 0.3) is 0 Å². The first-order valence-electron chi connectivity index (χ1n) is 5.06. The molecule has 1 aromatic rings. The van der Waals surface area contributed by atoms with Crippen LogP contribution in [0.4, 0.5) is 0 Å². The van der Waals surface area contributed by atoms with E-state index in [1.165, 1.54) is 0 Å². The fourth-order valence-electron chi connectivity index (χ4n) is 1.26. The fraction of sp³-hybridized carbons (Fsp3) is 0.417. The van der Waals surface area contributed by atoms with Crippen molar-refractivity contribution in [1.82, 2.24) is 0 Å². The molecule has 16 heavy (non-hydrogen) atoms. The van der Waals surface area contributed by atoms with E-state index in [1.807, 2.05) is 0 Å². The average molecular weight is 224 g/mol. The van der Waals surface area contributed by atoms with Gasteiger partial charge in [0.2, 0.25) is 0 Å². The maximum atomic E-state index is 10.8. The molecule has 0 atom stereocenters. The Bertz CT molecular complexity index is 336. The molecule has 0 aromatic heterocycles. The number of hydrogen-bond acceptors (Lipinski definition) is 4. The second kappa shape index (κ2) is 6.85. The smallest absolute Gasteiger partial charge is 0.153 e. The molecule has 0 N–H and O–H groups in total. The summed E-state index contributed by atoms with van der Waals surface area (Å²) in [6.45, 7) is 1.17. The summed E-state index contributed by atoms with van der Waals surface area (Å²) in [4.78, 5) is 10.8. The molecular formula is C12H16O4. The van der Waals surface area contributed by atoms with Crippen LogP contribution in [0.2, 0.25) is 0 Å². The number of hydrogen-bond donors (Lipinski definition) is 0. The molecule has 0 saturated heterocycles. The normalized spacial score (nSPS) is 9.88. The van der Waals surface area contributed by atoms with E-state index in [0.717, 1.165) is 12.7 Å². The number of methoxy groups -OCH3 is 2. The third kappa shape index (κ3) is 3.55. The lowest BCUT2D eigenvalue weighted by Crippen LogP contribution is -2.03. The van der Waals surface area contributed by atoms with Gasteiger partial charge in [-0.3, -0.25) is 4.79 Å². The quantitative estimate of drug-likeness (QED) is 0.524. The summed E-state index contributed by atoms with van der Waals surface area (Å²) in [6.07, 6.45) is 1.55. The number of rotatable bonds is 7. The second-order valence-electron chi connectivity index (χ2n) is 3.22. The van der Waals surface area contributed by atoms with Crippen molar-refractivity contribution < 1.29 is 19.0 Å². The number of benzene rings is 1. The maximum Gasteiger partial charge on any atom is 0.153 e. The molecule has 88 valence electrons. The molecule has 0 heterocycles. The minimum Gasteiger partial charge on any atom is -0.497 e. The van der Waals surface area contributed by atoms with Crippen molar-refractivity contribution in [1.29, 1.82) is 0 Å². The van der Waals surface area contributed by atoms with Crippen molar-refractivity contribution in [2.75, 3.05) is 27.4 Å². The lowest BCUT2D eigenvalue weighted by Gasteiger charge is -2.09. The molecule has 1 aromatic carbocycles. The minimum atomic E-state index is 0.497. The van der Waals surface area contributed by atoms with Gasteiger partial charge in [-0.2, -0.15) is 0 Å². The number of carbonyl (C=O) groups is 1. The van der Waals surface area contributed by atoms with Gasteiger partial charge in [0.05, 0.1) is 19.3 Å². The van der Waals surface area contributed by atoms with Crippen LogP contribution in [0.3, 0.4) is 0 Å². The summed E-state index contributed by atoms with van der Waals surface area (Å²) in [6, 6.07) is 5.15. The van der Waals surface area contributed by atoms with Crippen molar-refractivity contribution in [2.24, 2.45) is 0 Å². The molecule has 0 bridgehead atoms. The first kappa shape index (κ1) is 12.5. The highest BCUT2D eigenvalue weighted by Crippen LogP contribution is 2.22. The summed E-state index contributed by atoms with van der Waals surface area (Å²) >= 11 is 0. The average Bonchev–Trinajstić information content (AvgIpc) is 2.34. The molecule has 1 rings (SSSR count). The number of carbonyl (C=O) groups excluding carboxylic acids is 1. The monoisotopic (exact) mass is 224 g/mol. The van der Waals surface area contributed by atoms with E-state index in [4.69, 9.17) is 14.2 Å². The van der Waals surface area contributed by atoms with Crippen LogP contribution in [0.1, 0.15) is 16.8 Å². The Morgan fingerprint density at radius 1 is 1.25 bits per heavy atom. The van der Waals surface area contributed by atoms with Crippen LogP contribution in [-0.2, 0) is 4.74 Å². The van der Waals surface area contributed by atoms with Crippen LogP contribution in [-0.4, -0.2) is 33.7 Å². The molecule has 0 unspecified atom stereocenters. The van der Waals surface area contributed by atoms with Crippen LogP contribution in [0.5, 0.6) is 11.5 Å². The van der Waals surface area contributed by atoms with Gasteiger partial charge in [0.1, 0.15) is 11.5 Å². The Balaban J connectivity index is 2.61. The van der Waals surface area contributed by atoms with E-state index in [9.17, 15) is 4.79 Å². The van der Waals surface area contributed by atoms with Gasteiger partial charge in [-0.15, -0.1) is 0 Å². The summed E-state index contributed by atoms with van der Waals surface area (Å²) in [7, 11) is 3.20. The topological polar surface area (TPSA) is 44.8 Å². The first-order valence-corrected chi connectivity index (χ1v) is 5.06. The molecular weight excluding hydrogens is 208 g/mol. The van der Waals surface area contributed by atoms with Crippen LogP contribution in [0, 0.1) is 0 Å². The zero-order chi connectivity index (χ0) is 11.8. The highest BCUT2D eigenvalue weighted by Gasteiger charge is 2.04. The Morgan fingerprint density at radius 3 is 2.69 bits per heavy atom. The van der Waals surface area contributed by atoms with Gasteiger partial charge in [-0.05, 0) is 18.2 Å². The van der Waals surface area contributed by atoms with Crippen molar-refractivity contribution in [3.63, 3.8) is 0 Å². The third-order valence-electron chi connectivity index (χ3n) is 2.09. The molecule has 4 heteroatoms. The summed E-state index contributed by atoms with van der Waals surface area (Å²) < 4.78 is 15.4. The van der Waals surface area contributed by atoms with Crippen LogP contribution in [0.15, 0.2) is 18.2 Å². The predicted octanol–water partition coefficient (Wildman–Crippen LogP) is 1.92. The van der Waals surface area contributed by atoms with E-state index in [0.29, 0.717) is 30.3 Å². The van der Waals surface area contributed by atoms with Gasteiger partial charge >= 0.3 is 0 Å². The molecule has 0 aliphatic heterocycles. The van der Waals surface area contributed by atoms with Crippen molar-refractivity contribution in [3.05, 3.63) is 23.8 Å². The van der Waals surface area contributed by atoms with E-state index in [1.54, 1.807) is 32.4 Å². The van der Waals surface area contributed by atoms with Crippen molar-refractivity contribution in [2.45, 2.75) is 6.42 Å². The maximum absolute atomic E-state index is 10.8. The van der Waals surface area contributed by atoms with E-state index in [2.05, 4.69) is 0 Å². The Labute approximate surface area is 95.1 Å². The lowest BCUT2D eigenvalue weighted by molar-refractivity contribution is 0.111. The van der Waals surface area contributed by atoms with Gasteiger partial charge in [0.15, 0.2) is 6.29 Å². The largest absolute Gasteiger partial charge is 0.497 e. The minimum absolute atomic E-state index is 0.497. The van der Waals surface area contributed by atoms with Gasteiger partial charge in [-0.25, -0.2) is 0 Å². The molecule has 0 aliphatic rings. The second-order valence-corrected chi connectivity index (χ2v) is 3.22. The Morgan fingerprint density at radius 2 is 2.06 bits per heavy atom. The Hall–Kier alpha value is -1.55. The Kier molecular flexibility index (Phi) is 5.36. The van der Waals surface area contributed by atoms with Crippen molar-refractivity contribution in [3.8, 4) is 11.5 Å². The van der Waals surface area contributed by atoms with Gasteiger partial charge in [0, 0.05) is 20.1 Å². The van der Waals surface area contributed by atoms with Crippen LogP contribution >= 0.6 is 0 Å². The summed E-state index contributed by atoms with van der Waals surface area (Å²) in [5.74, 6) is 1.22. The summed E-state index contributed by atoms with van der Waals surface area (Å²) in [5, 5.41) is 0. The van der Waals surface area contributed by atoms with Gasteiger partial charge in [-0.1, -0.05) is 0 Å². The SMILES string of the molecule is COCCCOc1ccc(OC)cc1C=O. The molecule has 0 aliphatic carbocycles. The first-order chi connectivity index (χ1) is 7.81. The van der Waals surface area contributed by atoms with Crippen molar-refractivity contribution >= 4 is 6.29 Å². The third-order valence-corrected chi connectivity index (χ3v) is 2.09. The van der Waals surface area contributed by atoms with Gasteiger partial charge in [0.25, 0.3) is 0 Å². The molecule has 0 fully saturated rings. The van der Waals surface area contributed by atoms with Crippen LogP contribution < -0.4 is 9.47 Å². The molecule has 4 nitrogen and oxygen atoms in total. The standard InChI is InChI=1S/C12H16O4/c1-14-6-3-7-16-12-5-4-11(15-2)8-10(12)9-13/h4-5,8-9H,3,6-7H2,1-2H3. The number of ether oxygens (including phenoxy) is 3. The van der Waals surface area contributed by atoms with Gasteiger partial charge < -0.3 is 14.2 Å². The summed E-state index contributed by atoms with van der Waals surface area (Å²) in [5.41, 5.74) is 0.497. The highest BCUT2D eigenvalue weighted by molar-refractivity contribution is 5.80. The van der Waals surface area contributed by atoms with E-state index < -0.39 is 0 Å².